The van der Waals surface area contributed by atoms with E-state index in [1.54, 1.807) is 0 Å². The zero-order chi connectivity index (χ0) is 5.91. The maximum atomic E-state index is 9.77. The maximum absolute atomic E-state index is 9.77. The average Bonchev–Trinajstić information content (AvgIpc) is 1.68. The predicted octanol–water partition coefficient (Wildman–Crippen LogP) is -1.10. The molecular formula is C4H9NO2. The first-order valence-corrected chi connectivity index (χ1v) is 1.98. The molecule has 3 N–H and O–H groups in total. The van der Waals surface area contributed by atoms with Gasteiger partial charge >= 0.3 is 0 Å². The van der Waals surface area contributed by atoms with Crippen molar-refractivity contribution in [1.29, 1.82) is 0 Å². The molecule has 0 bridgehead atoms. The van der Waals surface area contributed by atoms with Crippen LogP contribution >= 0.6 is 0 Å². The SMILES string of the molecule is C[C@@](N)(C=O)CO. The first-order valence-electron chi connectivity index (χ1n) is 1.98. The summed E-state index contributed by atoms with van der Waals surface area (Å²) in [5.41, 5.74) is 4.06. The van der Waals surface area contributed by atoms with Crippen LogP contribution in [0.2, 0.25) is 0 Å². The Labute approximate surface area is 42.1 Å². The highest BCUT2D eigenvalue weighted by molar-refractivity contribution is 5.62. The highest BCUT2D eigenvalue weighted by Crippen LogP contribution is 1.87. The van der Waals surface area contributed by atoms with Crippen LogP contribution in [0, 0.1) is 0 Å². The maximum Gasteiger partial charge on any atom is 0.141 e. The van der Waals surface area contributed by atoms with Gasteiger partial charge in [0.25, 0.3) is 0 Å². The van der Waals surface area contributed by atoms with Crippen LogP contribution in [0.5, 0.6) is 0 Å². The number of carbonyl (C=O) groups is 1. The van der Waals surface area contributed by atoms with Crippen molar-refractivity contribution < 1.29 is 9.90 Å². The number of aliphatic hydroxyl groups excluding tert-OH is 1. The van der Waals surface area contributed by atoms with Gasteiger partial charge in [-0.25, -0.2) is 0 Å². The Bertz CT molecular complexity index is 70.1. The Hall–Kier alpha value is -0.410. The Morgan fingerprint density at radius 1 is 2.00 bits per heavy atom. The largest absolute Gasteiger partial charge is 0.394 e. The van der Waals surface area contributed by atoms with Gasteiger partial charge in [-0.1, -0.05) is 0 Å². The summed E-state index contributed by atoms with van der Waals surface area (Å²) in [6.07, 6.45) is 0.521. The molecule has 42 valence electrons. The van der Waals surface area contributed by atoms with Crippen molar-refractivity contribution in [1.82, 2.24) is 0 Å². The van der Waals surface area contributed by atoms with Crippen molar-refractivity contribution in [3.8, 4) is 0 Å². The van der Waals surface area contributed by atoms with Crippen LogP contribution in [-0.4, -0.2) is 23.5 Å². The monoisotopic (exact) mass is 103 g/mol. The summed E-state index contributed by atoms with van der Waals surface area (Å²) in [4.78, 5) is 9.77. The van der Waals surface area contributed by atoms with Crippen LogP contribution in [0.15, 0.2) is 0 Å². The minimum Gasteiger partial charge on any atom is -0.394 e. The van der Waals surface area contributed by atoms with Gasteiger partial charge < -0.3 is 15.6 Å². The fourth-order valence-corrected chi connectivity index (χ4v) is 0.0373. The number of aliphatic hydroxyl groups is 1. The Morgan fingerprint density at radius 2 is 2.43 bits per heavy atom. The van der Waals surface area contributed by atoms with E-state index in [9.17, 15) is 4.79 Å². The molecule has 0 saturated carbocycles. The van der Waals surface area contributed by atoms with E-state index in [4.69, 9.17) is 10.8 Å². The standard InChI is InChI=1S/C4H9NO2/c1-4(5,2-6)3-7/h2,7H,3,5H2,1H3/t4-/m1/s1. The highest BCUT2D eigenvalue weighted by Gasteiger charge is 2.13. The molecule has 0 aliphatic rings. The van der Waals surface area contributed by atoms with E-state index in [-0.39, 0.29) is 6.61 Å². The summed E-state index contributed by atoms with van der Waals surface area (Å²) < 4.78 is 0. The van der Waals surface area contributed by atoms with Gasteiger partial charge in [0.05, 0.1) is 12.1 Å². The quantitative estimate of drug-likeness (QED) is 0.436. The van der Waals surface area contributed by atoms with Crippen LogP contribution in [0.25, 0.3) is 0 Å². The minimum atomic E-state index is -1.04. The van der Waals surface area contributed by atoms with Crippen molar-refractivity contribution in [3.63, 3.8) is 0 Å². The second-order valence-electron chi connectivity index (χ2n) is 1.78. The molecule has 0 aromatic rings. The summed E-state index contributed by atoms with van der Waals surface area (Å²) in [6, 6.07) is 0. The molecule has 7 heavy (non-hydrogen) atoms. The molecule has 0 amide bonds. The van der Waals surface area contributed by atoms with Crippen LogP contribution < -0.4 is 5.73 Å². The molecule has 3 nitrogen and oxygen atoms in total. The normalized spacial score (nSPS) is 18.1. The van der Waals surface area contributed by atoms with E-state index in [1.807, 2.05) is 0 Å². The fraction of sp³-hybridized carbons (Fsp3) is 0.750. The zero-order valence-corrected chi connectivity index (χ0v) is 4.22. The van der Waals surface area contributed by atoms with Crippen molar-refractivity contribution in [2.24, 2.45) is 5.73 Å². The number of nitrogens with two attached hydrogens (primary N) is 1. The van der Waals surface area contributed by atoms with Crippen LogP contribution in [-0.2, 0) is 4.79 Å². The zero-order valence-electron chi connectivity index (χ0n) is 4.22. The van der Waals surface area contributed by atoms with E-state index >= 15 is 0 Å². The molecule has 3 heteroatoms. The summed E-state index contributed by atoms with van der Waals surface area (Å²) in [5.74, 6) is 0. The lowest BCUT2D eigenvalue weighted by atomic mass is 10.1. The van der Waals surface area contributed by atoms with Crippen LogP contribution in [0.1, 0.15) is 6.92 Å². The summed E-state index contributed by atoms with van der Waals surface area (Å²) in [6.45, 7) is 1.16. The molecule has 0 heterocycles. The van der Waals surface area contributed by atoms with E-state index in [2.05, 4.69) is 0 Å². The van der Waals surface area contributed by atoms with Crippen molar-refractivity contribution >= 4 is 6.29 Å². The molecule has 0 aromatic carbocycles. The molecule has 0 saturated heterocycles. The van der Waals surface area contributed by atoms with Crippen LogP contribution in [0.3, 0.4) is 0 Å². The van der Waals surface area contributed by atoms with Gasteiger partial charge in [-0.15, -0.1) is 0 Å². The summed E-state index contributed by atoms with van der Waals surface area (Å²) in [5, 5.41) is 8.24. The summed E-state index contributed by atoms with van der Waals surface area (Å²) in [7, 11) is 0. The van der Waals surface area contributed by atoms with Crippen molar-refractivity contribution in [2.75, 3.05) is 6.61 Å². The van der Waals surface area contributed by atoms with Gasteiger partial charge in [0.1, 0.15) is 6.29 Å². The highest BCUT2D eigenvalue weighted by atomic mass is 16.3. The fourth-order valence-electron chi connectivity index (χ4n) is 0.0373. The molecule has 1 atom stereocenters. The number of hydrogen-bond donors (Lipinski definition) is 2. The molecule has 0 aliphatic carbocycles. The topological polar surface area (TPSA) is 63.3 Å². The number of rotatable bonds is 2. The second-order valence-corrected chi connectivity index (χ2v) is 1.78. The van der Waals surface area contributed by atoms with Gasteiger partial charge in [-0.05, 0) is 6.92 Å². The minimum absolute atomic E-state index is 0.295. The molecule has 0 aromatic heterocycles. The Balaban J connectivity index is 3.58. The van der Waals surface area contributed by atoms with Gasteiger partial charge in [-0.3, -0.25) is 0 Å². The second kappa shape index (κ2) is 2.04. The van der Waals surface area contributed by atoms with Gasteiger partial charge in [0.2, 0.25) is 0 Å². The first-order chi connectivity index (χ1) is 3.12. The molecule has 0 spiro atoms. The Kier molecular flexibility index (Phi) is 1.92. The lowest BCUT2D eigenvalue weighted by Crippen LogP contribution is -2.41. The lowest BCUT2D eigenvalue weighted by Gasteiger charge is -2.10. The van der Waals surface area contributed by atoms with Gasteiger partial charge in [-0.2, -0.15) is 0 Å². The third-order valence-electron chi connectivity index (χ3n) is 0.610. The van der Waals surface area contributed by atoms with E-state index in [0.29, 0.717) is 6.29 Å². The molecule has 0 aliphatic heterocycles. The molecular weight excluding hydrogens is 94.0 g/mol. The van der Waals surface area contributed by atoms with Crippen molar-refractivity contribution in [2.45, 2.75) is 12.5 Å². The molecule has 0 radical (unpaired) electrons. The Morgan fingerprint density at radius 3 is 2.43 bits per heavy atom. The van der Waals surface area contributed by atoms with Crippen molar-refractivity contribution in [3.05, 3.63) is 0 Å². The van der Waals surface area contributed by atoms with E-state index in [1.165, 1.54) is 6.92 Å². The lowest BCUT2D eigenvalue weighted by molar-refractivity contribution is -0.112. The number of carbonyl (C=O) groups excluding carboxylic acids is 1. The summed E-state index contributed by atoms with van der Waals surface area (Å²) >= 11 is 0. The van der Waals surface area contributed by atoms with Crippen LogP contribution in [0.4, 0.5) is 0 Å². The smallest absolute Gasteiger partial charge is 0.141 e. The number of aldehydes is 1. The third kappa shape index (κ3) is 2.31. The molecule has 0 rings (SSSR count). The third-order valence-corrected chi connectivity index (χ3v) is 0.610. The van der Waals surface area contributed by atoms with E-state index in [0.717, 1.165) is 0 Å². The van der Waals surface area contributed by atoms with Gasteiger partial charge in [0.15, 0.2) is 0 Å². The first kappa shape index (κ1) is 6.59. The number of hydrogen-bond acceptors (Lipinski definition) is 3. The predicted molar refractivity (Wildman–Crippen MR) is 25.7 cm³/mol. The van der Waals surface area contributed by atoms with Gasteiger partial charge in [0, 0.05) is 0 Å². The average molecular weight is 103 g/mol. The van der Waals surface area contributed by atoms with E-state index < -0.39 is 5.54 Å². The molecule has 0 unspecified atom stereocenters. The molecule has 0 fully saturated rings.